The summed E-state index contributed by atoms with van der Waals surface area (Å²) in [5, 5.41) is 6.99. The summed E-state index contributed by atoms with van der Waals surface area (Å²) in [6.07, 6.45) is 1.78. The molecule has 2 heterocycles. The molecule has 0 spiro atoms. The number of halogens is 1. The van der Waals surface area contributed by atoms with Crippen molar-refractivity contribution >= 4 is 21.7 Å². The van der Waals surface area contributed by atoms with E-state index in [1.165, 1.54) is 0 Å². The minimum Gasteiger partial charge on any atom is -0.363 e. The van der Waals surface area contributed by atoms with Crippen LogP contribution < -0.4 is 5.32 Å². The number of aryl methyl sites for hydroxylation is 2. The Morgan fingerprint density at radius 2 is 2.19 bits per heavy atom. The van der Waals surface area contributed by atoms with Crippen LogP contribution in [0.5, 0.6) is 0 Å². The van der Waals surface area contributed by atoms with Gasteiger partial charge >= 0.3 is 0 Å². The molecule has 0 saturated carbocycles. The molecule has 0 aliphatic carbocycles. The summed E-state index contributed by atoms with van der Waals surface area (Å²) < 4.78 is 6.10. The molecule has 1 N–H and O–H groups in total. The quantitative estimate of drug-likeness (QED) is 0.940. The van der Waals surface area contributed by atoms with Crippen LogP contribution in [0.3, 0.4) is 0 Å². The Bertz CT molecular complexity index is 496. The molecule has 0 aliphatic heterocycles. The molecule has 0 unspecified atom stereocenters. The summed E-state index contributed by atoms with van der Waals surface area (Å²) >= 11 is 3.41. The molecule has 2 rings (SSSR count). The van der Waals surface area contributed by atoms with E-state index in [2.05, 4.69) is 31.4 Å². The molecule has 0 atom stereocenters. The van der Waals surface area contributed by atoms with Gasteiger partial charge in [0.25, 0.3) is 0 Å². The van der Waals surface area contributed by atoms with Gasteiger partial charge in [-0.3, -0.25) is 0 Å². The summed E-state index contributed by atoms with van der Waals surface area (Å²) in [5.74, 6) is 1.63. The van der Waals surface area contributed by atoms with Gasteiger partial charge in [0.2, 0.25) is 0 Å². The van der Waals surface area contributed by atoms with Crippen LogP contribution in [0.15, 0.2) is 27.3 Å². The molecule has 0 aromatic carbocycles. The number of pyridine rings is 1. The number of hydrogen-bond acceptors (Lipinski definition) is 4. The van der Waals surface area contributed by atoms with Crippen LogP contribution in [0.4, 0.5) is 5.82 Å². The number of hydrogen-bond donors (Lipinski definition) is 1. The second kappa shape index (κ2) is 4.65. The van der Waals surface area contributed by atoms with Crippen molar-refractivity contribution < 1.29 is 4.52 Å². The van der Waals surface area contributed by atoms with Crippen molar-refractivity contribution in [3.8, 4) is 0 Å². The van der Waals surface area contributed by atoms with Crippen LogP contribution in [0.1, 0.15) is 17.0 Å². The third kappa shape index (κ3) is 2.61. The summed E-state index contributed by atoms with van der Waals surface area (Å²) in [7, 11) is 0. The molecular formula is C11H12BrN3O. The van der Waals surface area contributed by atoms with Gasteiger partial charge in [-0.25, -0.2) is 4.98 Å². The van der Waals surface area contributed by atoms with Gasteiger partial charge in [0.05, 0.1) is 12.2 Å². The first-order chi connectivity index (χ1) is 7.65. The molecule has 16 heavy (non-hydrogen) atoms. The maximum absolute atomic E-state index is 5.09. The second-order valence-corrected chi connectivity index (χ2v) is 4.46. The van der Waals surface area contributed by atoms with Crippen molar-refractivity contribution in [1.82, 2.24) is 10.1 Å². The van der Waals surface area contributed by atoms with Gasteiger partial charge in [-0.15, -0.1) is 0 Å². The summed E-state index contributed by atoms with van der Waals surface area (Å²) in [5.41, 5.74) is 2.03. The highest BCUT2D eigenvalue weighted by molar-refractivity contribution is 9.10. The Kier molecular flexibility index (Phi) is 3.24. The van der Waals surface area contributed by atoms with E-state index in [1.54, 1.807) is 6.20 Å². The lowest BCUT2D eigenvalue weighted by molar-refractivity contribution is 0.384. The van der Waals surface area contributed by atoms with E-state index in [-0.39, 0.29) is 0 Å². The highest BCUT2D eigenvalue weighted by Crippen LogP contribution is 2.17. The molecule has 0 radical (unpaired) electrons. The molecule has 4 nitrogen and oxygen atoms in total. The van der Waals surface area contributed by atoms with Crippen molar-refractivity contribution in [2.24, 2.45) is 0 Å². The van der Waals surface area contributed by atoms with E-state index >= 15 is 0 Å². The van der Waals surface area contributed by atoms with Crippen LogP contribution in [-0.2, 0) is 6.54 Å². The summed E-state index contributed by atoms with van der Waals surface area (Å²) in [6, 6.07) is 3.88. The van der Waals surface area contributed by atoms with Crippen LogP contribution in [-0.4, -0.2) is 10.1 Å². The molecule has 0 aliphatic rings. The van der Waals surface area contributed by atoms with Gasteiger partial charge in [-0.2, -0.15) is 0 Å². The number of nitrogens with zero attached hydrogens (tertiary/aromatic N) is 2. The van der Waals surface area contributed by atoms with Crippen molar-refractivity contribution in [1.29, 1.82) is 0 Å². The summed E-state index contributed by atoms with van der Waals surface area (Å²) in [6.45, 7) is 4.51. The predicted molar refractivity (Wildman–Crippen MR) is 65.2 cm³/mol. The SMILES string of the molecule is Cc1cc(CNc2cc(C)c(Br)cn2)on1. The molecule has 84 valence electrons. The van der Waals surface area contributed by atoms with Gasteiger partial charge in [0, 0.05) is 16.7 Å². The van der Waals surface area contributed by atoms with Crippen molar-refractivity contribution in [2.75, 3.05) is 5.32 Å². The highest BCUT2D eigenvalue weighted by atomic mass is 79.9. The first-order valence-electron chi connectivity index (χ1n) is 4.93. The van der Waals surface area contributed by atoms with Crippen LogP contribution in [0.2, 0.25) is 0 Å². The zero-order valence-electron chi connectivity index (χ0n) is 9.12. The fourth-order valence-corrected chi connectivity index (χ4v) is 1.53. The Morgan fingerprint density at radius 3 is 2.81 bits per heavy atom. The van der Waals surface area contributed by atoms with Crippen LogP contribution in [0.25, 0.3) is 0 Å². The van der Waals surface area contributed by atoms with Crippen molar-refractivity contribution in [3.05, 3.63) is 39.8 Å². The summed E-state index contributed by atoms with van der Waals surface area (Å²) in [4.78, 5) is 4.24. The zero-order chi connectivity index (χ0) is 11.5. The number of aromatic nitrogens is 2. The minimum atomic E-state index is 0.592. The number of nitrogens with one attached hydrogen (secondary N) is 1. The van der Waals surface area contributed by atoms with Gasteiger partial charge in [-0.05, 0) is 41.4 Å². The molecule has 0 amide bonds. The maximum Gasteiger partial charge on any atom is 0.156 e. The second-order valence-electron chi connectivity index (χ2n) is 3.61. The van der Waals surface area contributed by atoms with Gasteiger partial charge in [0.15, 0.2) is 5.76 Å². The fourth-order valence-electron chi connectivity index (χ4n) is 1.31. The van der Waals surface area contributed by atoms with Gasteiger partial charge in [0.1, 0.15) is 5.82 Å². The minimum absolute atomic E-state index is 0.592. The Balaban J connectivity index is 2.02. The van der Waals surface area contributed by atoms with E-state index in [4.69, 9.17) is 4.52 Å². The first-order valence-corrected chi connectivity index (χ1v) is 5.72. The molecule has 2 aromatic rings. The molecule has 2 aromatic heterocycles. The molecule has 0 fully saturated rings. The number of anilines is 1. The third-order valence-corrected chi connectivity index (χ3v) is 3.00. The lowest BCUT2D eigenvalue weighted by Gasteiger charge is -2.04. The van der Waals surface area contributed by atoms with Crippen molar-refractivity contribution in [3.63, 3.8) is 0 Å². The Labute approximate surface area is 102 Å². The van der Waals surface area contributed by atoms with Gasteiger partial charge in [-0.1, -0.05) is 5.16 Å². The van der Waals surface area contributed by atoms with E-state index in [0.717, 1.165) is 27.3 Å². The average molecular weight is 282 g/mol. The first kappa shape index (κ1) is 11.1. The maximum atomic E-state index is 5.09. The largest absolute Gasteiger partial charge is 0.363 e. The van der Waals surface area contributed by atoms with Crippen LogP contribution >= 0.6 is 15.9 Å². The smallest absolute Gasteiger partial charge is 0.156 e. The van der Waals surface area contributed by atoms with E-state index in [0.29, 0.717) is 6.54 Å². The topological polar surface area (TPSA) is 51.0 Å². The number of rotatable bonds is 3. The standard InChI is InChI=1S/C11H12BrN3O/c1-7-3-11(14-6-10(7)12)13-5-9-4-8(2)15-16-9/h3-4,6H,5H2,1-2H3,(H,13,14). The van der Waals surface area contributed by atoms with E-state index < -0.39 is 0 Å². The highest BCUT2D eigenvalue weighted by Gasteiger charge is 2.02. The van der Waals surface area contributed by atoms with Crippen LogP contribution in [0, 0.1) is 13.8 Å². The normalized spacial score (nSPS) is 10.4. The molecule has 0 saturated heterocycles. The van der Waals surface area contributed by atoms with Gasteiger partial charge < -0.3 is 9.84 Å². The molecule has 0 bridgehead atoms. The lowest BCUT2D eigenvalue weighted by atomic mass is 10.3. The molecular weight excluding hydrogens is 270 g/mol. The lowest BCUT2D eigenvalue weighted by Crippen LogP contribution is -2.00. The monoisotopic (exact) mass is 281 g/mol. The average Bonchev–Trinajstić information content (AvgIpc) is 2.66. The Morgan fingerprint density at radius 1 is 1.38 bits per heavy atom. The predicted octanol–water partition coefficient (Wildman–Crippen LogP) is 3.06. The third-order valence-electron chi connectivity index (χ3n) is 2.17. The fraction of sp³-hybridized carbons (Fsp3) is 0.273. The van der Waals surface area contributed by atoms with E-state index in [1.807, 2.05) is 26.0 Å². The molecule has 5 heteroatoms. The Hall–Kier alpha value is -1.36. The zero-order valence-corrected chi connectivity index (χ0v) is 10.7. The van der Waals surface area contributed by atoms with Crippen molar-refractivity contribution in [2.45, 2.75) is 20.4 Å². The van der Waals surface area contributed by atoms with E-state index in [9.17, 15) is 0 Å².